The molecule has 176 valence electrons. The first-order valence-electron chi connectivity index (χ1n) is 11.2. The van der Waals surface area contributed by atoms with E-state index in [1.54, 1.807) is 17.2 Å². The first kappa shape index (κ1) is 23.9. The average molecular weight is 489 g/mol. The van der Waals surface area contributed by atoms with E-state index in [4.69, 9.17) is 26.7 Å². The number of aromatic nitrogens is 2. The third-order valence-electron chi connectivity index (χ3n) is 5.63. The summed E-state index contributed by atoms with van der Waals surface area (Å²) in [4.78, 5) is 33.2. The van der Waals surface area contributed by atoms with Crippen molar-refractivity contribution >= 4 is 51.7 Å². The molecule has 2 aliphatic heterocycles. The van der Waals surface area contributed by atoms with Crippen LogP contribution in [0.25, 0.3) is 11.7 Å². The minimum absolute atomic E-state index is 0.0820. The molecular weight excluding hydrogens is 460 g/mol. The third-order valence-corrected chi connectivity index (χ3v) is 7.01. The van der Waals surface area contributed by atoms with Gasteiger partial charge in [0.05, 0.1) is 16.6 Å². The second-order valence-corrected chi connectivity index (χ2v) is 9.64. The van der Waals surface area contributed by atoms with Gasteiger partial charge in [-0.05, 0) is 50.8 Å². The molecule has 0 aliphatic carbocycles. The minimum atomic E-state index is -0.236. The summed E-state index contributed by atoms with van der Waals surface area (Å²) in [7, 11) is 0. The van der Waals surface area contributed by atoms with Crippen LogP contribution in [0.4, 0.5) is 5.82 Å². The van der Waals surface area contributed by atoms with Gasteiger partial charge in [0.15, 0.2) is 0 Å². The predicted molar refractivity (Wildman–Crippen MR) is 135 cm³/mol. The number of thioether (sulfide) groups is 1. The first-order valence-corrected chi connectivity index (χ1v) is 12.4. The molecule has 2 fully saturated rings. The maximum atomic E-state index is 13.4. The lowest BCUT2D eigenvalue weighted by Gasteiger charge is -2.15. The molecule has 0 bridgehead atoms. The smallest absolute Gasteiger partial charge is 0.267 e. The van der Waals surface area contributed by atoms with Gasteiger partial charge in [-0.25, -0.2) is 4.98 Å². The van der Waals surface area contributed by atoms with Crippen molar-refractivity contribution in [3.63, 3.8) is 0 Å². The summed E-state index contributed by atoms with van der Waals surface area (Å²) in [5.41, 5.74) is 1.57. The number of thiocarbonyl (C=S) groups is 1. The lowest BCUT2D eigenvalue weighted by Crippen LogP contribution is -2.30. The Morgan fingerprint density at radius 1 is 1.42 bits per heavy atom. The Labute approximate surface area is 202 Å². The summed E-state index contributed by atoms with van der Waals surface area (Å²) >= 11 is 6.64. The number of ether oxygens (including phenoxy) is 2. The van der Waals surface area contributed by atoms with Crippen molar-refractivity contribution in [1.82, 2.24) is 14.3 Å². The summed E-state index contributed by atoms with van der Waals surface area (Å²) in [6.07, 6.45) is 6.08. The SMILES string of the molecule is CCOCCCN1C(=O)/C(=C/c2c(NC[C@H]3CCCO3)nc3c(C)cccn3c2=O)SC1=S. The molecule has 0 aromatic carbocycles. The van der Waals surface area contributed by atoms with Crippen LogP contribution in [0.3, 0.4) is 0 Å². The summed E-state index contributed by atoms with van der Waals surface area (Å²) in [5, 5.41) is 3.30. The maximum absolute atomic E-state index is 13.4. The van der Waals surface area contributed by atoms with Crippen LogP contribution in [0, 0.1) is 6.92 Å². The van der Waals surface area contributed by atoms with Gasteiger partial charge in [0.25, 0.3) is 11.5 Å². The van der Waals surface area contributed by atoms with Gasteiger partial charge in [0.1, 0.15) is 15.8 Å². The number of pyridine rings is 1. The monoisotopic (exact) mass is 488 g/mol. The number of amides is 1. The number of nitrogens with zero attached hydrogens (tertiary/aromatic N) is 3. The van der Waals surface area contributed by atoms with Gasteiger partial charge in [0, 0.05) is 39.1 Å². The normalized spacial score (nSPS) is 19.9. The molecule has 4 rings (SSSR count). The van der Waals surface area contributed by atoms with E-state index in [0.29, 0.717) is 59.0 Å². The van der Waals surface area contributed by atoms with E-state index in [-0.39, 0.29) is 17.6 Å². The van der Waals surface area contributed by atoms with Crippen LogP contribution in [0.1, 0.15) is 37.3 Å². The highest BCUT2D eigenvalue weighted by molar-refractivity contribution is 8.26. The Hall–Kier alpha value is -2.27. The zero-order valence-corrected chi connectivity index (χ0v) is 20.5. The largest absolute Gasteiger partial charge is 0.382 e. The number of fused-ring (bicyclic) bond motifs is 1. The Kier molecular flexibility index (Phi) is 7.79. The van der Waals surface area contributed by atoms with Gasteiger partial charge in [-0.2, -0.15) is 0 Å². The van der Waals surface area contributed by atoms with Crippen molar-refractivity contribution in [3.05, 3.63) is 44.7 Å². The number of hydrogen-bond acceptors (Lipinski definition) is 8. The Balaban J connectivity index is 1.66. The van der Waals surface area contributed by atoms with E-state index in [1.807, 2.05) is 26.0 Å². The van der Waals surface area contributed by atoms with Crippen molar-refractivity contribution in [2.24, 2.45) is 0 Å². The fraction of sp³-hybridized carbons (Fsp3) is 0.478. The van der Waals surface area contributed by atoms with Crippen LogP contribution >= 0.6 is 24.0 Å². The predicted octanol–water partition coefficient (Wildman–Crippen LogP) is 3.22. The van der Waals surface area contributed by atoms with Crippen molar-refractivity contribution < 1.29 is 14.3 Å². The van der Waals surface area contributed by atoms with Crippen molar-refractivity contribution in [3.8, 4) is 0 Å². The fourth-order valence-electron chi connectivity index (χ4n) is 3.89. The molecule has 2 aromatic heterocycles. The van der Waals surface area contributed by atoms with E-state index >= 15 is 0 Å². The molecule has 1 atom stereocenters. The van der Waals surface area contributed by atoms with Crippen LogP contribution in [0.15, 0.2) is 28.0 Å². The Bertz CT molecular complexity index is 1140. The molecule has 0 unspecified atom stereocenters. The molecule has 1 amide bonds. The van der Waals surface area contributed by atoms with Crippen LogP contribution in [-0.4, -0.2) is 63.5 Å². The highest BCUT2D eigenvalue weighted by Crippen LogP contribution is 2.33. The zero-order valence-electron chi connectivity index (χ0n) is 18.8. The lowest BCUT2D eigenvalue weighted by atomic mass is 10.2. The molecule has 8 nitrogen and oxygen atoms in total. The van der Waals surface area contributed by atoms with E-state index in [0.717, 1.165) is 25.0 Å². The molecule has 1 N–H and O–H groups in total. The molecule has 2 aromatic rings. The van der Waals surface area contributed by atoms with Crippen LogP contribution in [0.5, 0.6) is 0 Å². The molecule has 2 saturated heterocycles. The highest BCUT2D eigenvalue weighted by Gasteiger charge is 2.32. The summed E-state index contributed by atoms with van der Waals surface area (Å²) in [6, 6.07) is 3.73. The van der Waals surface area contributed by atoms with E-state index in [2.05, 4.69) is 5.32 Å². The van der Waals surface area contributed by atoms with Gasteiger partial charge < -0.3 is 14.8 Å². The highest BCUT2D eigenvalue weighted by atomic mass is 32.2. The molecule has 33 heavy (non-hydrogen) atoms. The zero-order chi connectivity index (χ0) is 23.4. The molecular formula is C23H28N4O4S2. The third kappa shape index (κ3) is 5.29. The topological polar surface area (TPSA) is 85.2 Å². The summed E-state index contributed by atoms with van der Waals surface area (Å²) in [5.74, 6) is 0.256. The number of carbonyl (C=O) groups excluding carboxylic acids is 1. The van der Waals surface area contributed by atoms with Crippen LogP contribution in [-0.2, 0) is 14.3 Å². The number of hydrogen-bond donors (Lipinski definition) is 1. The molecule has 0 radical (unpaired) electrons. The molecule has 2 aliphatic rings. The van der Waals surface area contributed by atoms with E-state index in [9.17, 15) is 9.59 Å². The van der Waals surface area contributed by atoms with Gasteiger partial charge in [-0.3, -0.25) is 18.9 Å². The minimum Gasteiger partial charge on any atom is -0.382 e. The van der Waals surface area contributed by atoms with Gasteiger partial charge >= 0.3 is 0 Å². The molecule has 0 saturated carbocycles. The number of rotatable bonds is 9. The standard InChI is InChI=1S/C23H28N4O4S2/c1-3-30-11-6-10-27-22(29)18(33-23(27)32)13-17-19(24-14-16-8-5-12-31-16)25-20-15(2)7-4-9-26(20)21(17)28/h4,7,9,13,16,24H,3,5-6,8,10-12,14H2,1-2H3/b18-13-/t16-/m1/s1. The maximum Gasteiger partial charge on any atom is 0.267 e. The Morgan fingerprint density at radius 2 is 2.27 bits per heavy atom. The van der Waals surface area contributed by atoms with Crippen molar-refractivity contribution in [2.45, 2.75) is 39.2 Å². The van der Waals surface area contributed by atoms with Gasteiger partial charge in [-0.15, -0.1) is 0 Å². The second-order valence-electron chi connectivity index (χ2n) is 7.96. The van der Waals surface area contributed by atoms with Crippen LogP contribution in [0.2, 0.25) is 0 Å². The van der Waals surface area contributed by atoms with E-state index < -0.39 is 0 Å². The van der Waals surface area contributed by atoms with Crippen molar-refractivity contribution in [1.29, 1.82) is 0 Å². The average Bonchev–Trinajstić information content (AvgIpc) is 3.41. The number of anilines is 1. The summed E-state index contributed by atoms with van der Waals surface area (Å²) < 4.78 is 13.1. The lowest BCUT2D eigenvalue weighted by molar-refractivity contribution is -0.122. The van der Waals surface area contributed by atoms with Gasteiger partial charge in [0.2, 0.25) is 0 Å². The fourth-order valence-corrected chi connectivity index (χ4v) is 5.18. The molecule has 0 spiro atoms. The summed E-state index contributed by atoms with van der Waals surface area (Å²) in [6.45, 7) is 6.84. The number of carbonyl (C=O) groups is 1. The first-order chi connectivity index (χ1) is 16.0. The quantitative estimate of drug-likeness (QED) is 0.327. The Morgan fingerprint density at radius 3 is 3.03 bits per heavy atom. The molecule has 10 heteroatoms. The van der Waals surface area contributed by atoms with Crippen LogP contribution < -0.4 is 10.9 Å². The van der Waals surface area contributed by atoms with E-state index in [1.165, 1.54) is 16.2 Å². The van der Waals surface area contributed by atoms with Crippen molar-refractivity contribution in [2.75, 3.05) is 38.2 Å². The molecule has 4 heterocycles. The number of aryl methyl sites for hydroxylation is 1. The van der Waals surface area contributed by atoms with Gasteiger partial charge in [-0.1, -0.05) is 30.0 Å². The number of nitrogens with one attached hydrogen (secondary N) is 1. The second kappa shape index (κ2) is 10.8.